The Balaban J connectivity index is 2.42. The highest BCUT2D eigenvalue weighted by Gasteiger charge is 2.20. The number of ketones is 1. The van der Waals surface area contributed by atoms with E-state index in [2.05, 4.69) is 0 Å². The molecule has 1 aliphatic heterocycles. The number of aromatic hydroxyl groups is 2. The van der Waals surface area contributed by atoms with Crippen molar-refractivity contribution in [3.05, 3.63) is 35.4 Å². The molecule has 0 saturated carbocycles. The molecule has 0 saturated heterocycles. The lowest BCUT2D eigenvalue weighted by Crippen LogP contribution is -2.18. The van der Waals surface area contributed by atoms with Crippen molar-refractivity contribution in [1.82, 2.24) is 0 Å². The standard InChI is InChI=1S/C16H18O5/c1-10-5-3-2-4-6-13(18)16-11(8-15(20)21-10)7-12(17)9-14(16)19/h2,4,7,9-10,17,19H,3,5-6,8H2,1H3/t10-/m0/s1. The minimum atomic E-state index is -0.480. The number of carbonyl (C=O) groups excluding carboxylic acids is 2. The number of Topliss-reactive ketones (excluding diaryl/α,β-unsaturated/α-hetero) is 1. The number of fused-ring (bicyclic) bond motifs is 1. The summed E-state index contributed by atoms with van der Waals surface area (Å²) in [6.07, 6.45) is 4.79. The van der Waals surface area contributed by atoms with Crippen LogP contribution in [-0.4, -0.2) is 28.1 Å². The smallest absolute Gasteiger partial charge is 0.310 e. The Morgan fingerprint density at radius 3 is 2.71 bits per heavy atom. The van der Waals surface area contributed by atoms with Crippen LogP contribution in [0.4, 0.5) is 0 Å². The number of phenolic OH excluding ortho intramolecular Hbond substituents is 2. The number of esters is 1. The highest BCUT2D eigenvalue weighted by atomic mass is 16.5. The van der Waals surface area contributed by atoms with Gasteiger partial charge in [0.1, 0.15) is 11.5 Å². The van der Waals surface area contributed by atoms with E-state index in [4.69, 9.17) is 4.74 Å². The molecule has 5 heteroatoms. The molecule has 0 amide bonds. The number of allylic oxidation sites excluding steroid dienone is 2. The summed E-state index contributed by atoms with van der Waals surface area (Å²) >= 11 is 0. The Hall–Kier alpha value is -2.30. The second kappa shape index (κ2) is 6.43. The minimum absolute atomic E-state index is 0.0719. The van der Waals surface area contributed by atoms with Crippen LogP contribution in [0.25, 0.3) is 0 Å². The molecule has 0 spiro atoms. The van der Waals surface area contributed by atoms with Crippen molar-refractivity contribution in [3.8, 4) is 11.5 Å². The summed E-state index contributed by atoms with van der Waals surface area (Å²) in [6, 6.07) is 2.41. The Bertz CT molecular complexity index is 589. The average Bonchev–Trinajstić information content (AvgIpc) is 2.35. The first-order valence-corrected chi connectivity index (χ1v) is 6.90. The summed E-state index contributed by atoms with van der Waals surface area (Å²) in [5.74, 6) is -1.28. The third-order valence-corrected chi connectivity index (χ3v) is 3.34. The van der Waals surface area contributed by atoms with E-state index < -0.39 is 5.97 Å². The molecule has 2 rings (SSSR count). The Morgan fingerprint density at radius 1 is 1.19 bits per heavy atom. The van der Waals surface area contributed by atoms with E-state index in [9.17, 15) is 19.8 Å². The van der Waals surface area contributed by atoms with Gasteiger partial charge in [-0.2, -0.15) is 0 Å². The molecule has 0 bridgehead atoms. The maximum Gasteiger partial charge on any atom is 0.310 e. The van der Waals surface area contributed by atoms with Crippen LogP contribution in [0.15, 0.2) is 24.3 Å². The van der Waals surface area contributed by atoms with Crippen molar-refractivity contribution in [3.63, 3.8) is 0 Å². The van der Waals surface area contributed by atoms with Crippen LogP contribution < -0.4 is 0 Å². The number of hydrogen-bond acceptors (Lipinski definition) is 5. The highest BCUT2D eigenvalue weighted by Crippen LogP contribution is 2.29. The molecule has 0 radical (unpaired) electrons. The van der Waals surface area contributed by atoms with Crippen LogP contribution in [-0.2, 0) is 16.0 Å². The Labute approximate surface area is 122 Å². The van der Waals surface area contributed by atoms with Crippen molar-refractivity contribution in [2.24, 2.45) is 0 Å². The molecule has 112 valence electrons. The van der Waals surface area contributed by atoms with E-state index in [0.29, 0.717) is 6.42 Å². The van der Waals surface area contributed by atoms with Gasteiger partial charge in [0, 0.05) is 12.5 Å². The molecule has 21 heavy (non-hydrogen) atoms. The molecule has 1 aromatic rings. The Kier molecular flexibility index (Phi) is 4.62. The fourth-order valence-electron chi connectivity index (χ4n) is 2.35. The third-order valence-electron chi connectivity index (χ3n) is 3.34. The molecule has 1 heterocycles. The monoisotopic (exact) mass is 290 g/mol. The quantitative estimate of drug-likeness (QED) is 0.566. The van der Waals surface area contributed by atoms with Crippen LogP contribution in [0.1, 0.15) is 42.1 Å². The molecule has 2 N–H and O–H groups in total. The van der Waals surface area contributed by atoms with E-state index in [0.717, 1.165) is 12.5 Å². The third kappa shape index (κ3) is 3.84. The molecule has 0 aromatic heterocycles. The second-order valence-corrected chi connectivity index (χ2v) is 5.15. The van der Waals surface area contributed by atoms with Crippen molar-refractivity contribution in [1.29, 1.82) is 0 Å². The van der Waals surface area contributed by atoms with Crippen molar-refractivity contribution in [2.45, 2.75) is 38.7 Å². The summed E-state index contributed by atoms with van der Waals surface area (Å²) in [5, 5.41) is 19.4. The maximum atomic E-state index is 12.2. The van der Waals surface area contributed by atoms with Gasteiger partial charge in [-0.3, -0.25) is 9.59 Å². The topological polar surface area (TPSA) is 83.8 Å². The van der Waals surface area contributed by atoms with Gasteiger partial charge in [0.2, 0.25) is 0 Å². The van der Waals surface area contributed by atoms with Gasteiger partial charge in [-0.25, -0.2) is 0 Å². The molecule has 1 atom stereocenters. The zero-order chi connectivity index (χ0) is 15.4. The molecule has 1 aromatic carbocycles. The van der Waals surface area contributed by atoms with E-state index in [1.54, 1.807) is 6.08 Å². The maximum absolute atomic E-state index is 12.2. The summed E-state index contributed by atoms with van der Waals surface area (Å²) in [4.78, 5) is 24.1. The lowest BCUT2D eigenvalue weighted by atomic mass is 9.97. The van der Waals surface area contributed by atoms with Crippen molar-refractivity contribution >= 4 is 11.8 Å². The van der Waals surface area contributed by atoms with E-state index in [1.165, 1.54) is 6.07 Å². The number of phenols is 2. The van der Waals surface area contributed by atoms with Crippen LogP contribution in [0.5, 0.6) is 11.5 Å². The summed E-state index contributed by atoms with van der Waals surface area (Å²) in [6.45, 7) is 1.81. The first-order valence-electron chi connectivity index (χ1n) is 6.90. The summed E-state index contributed by atoms with van der Waals surface area (Å²) in [7, 11) is 0. The van der Waals surface area contributed by atoms with Crippen molar-refractivity contribution < 1.29 is 24.5 Å². The minimum Gasteiger partial charge on any atom is -0.508 e. The number of cyclic esters (lactones) is 1. The largest absolute Gasteiger partial charge is 0.508 e. The fraction of sp³-hybridized carbons (Fsp3) is 0.375. The normalized spacial score (nSPS) is 20.1. The van der Waals surface area contributed by atoms with Crippen LogP contribution in [0, 0.1) is 0 Å². The number of carbonyl (C=O) groups is 2. The zero-order valence-electron chi connectivity index (χ0n) is 11.8. The average molecular weight is 290 g/mol. The lowest BCUT2D eigenvalue weighted by Gasteiger charge is -2.15. The molecule has 5 nitrogen and oxygen atoms in total. The van der Waals surface area contributed by atoms with Crippen molar-refractivity contribution in [2.75, 3.05) is 0 Å². The summed E-state index contributed by atoms with van der Waals surface area (Å²) in [5.41, 5.74) is 0.353. The molecular formula is C16H18O5. The van der Waals surface area contributed by atoms with Gasteiger partial charge in [-0.15, -0.1) is 0 Å². The van der Waals surface area contributed by atoms with Gasteiger partial charge in [-0.05, 0) is 31.4 Å². The van der Waals surface area contributed by atoms with Gasteiger partial charge >= 0.3 is 5.97 Å². The molecule has 1 aliphatic rings. The van der Waals surface area contributed by atoms with Gasteiger partial charge in [0.15, 0.2) is 5.78 Å². The molecule has 0 aliphatic carbocycles. The van der Waals surface area contributed by atoms with Crippen LogP contribution in [0.2, 0.25) is 0 Å². The van der Waals surface area contributed by atoms with Gasteiger partial charge in [-0.1, -0.05) is 12.2 Å². The van der Waals surface area contributed by atoms with Gasteiger partial charge in [0.25, 0.3) is 0 Å². The molecule has 0 fully saturated rings. The number of benzene rings is 1. The Morgan fingerprint density at radius 2 is 1.95 bits per heavy atom. The number of hydrogen-bond donors (Lipinski definition) is 2. The first-order chi connectivity index (χ1) is 9.97. The van der Waals surface area contributed by atoms with E-state index in [1.807, 2.05) is 13.0 Å². The summed E-state index contributed by atoms with van der Waals surface area (Å²) < 4.78 is 5.25. The fourth-order valence-corrected chi connectivity index (χ4v) is 2.35. The number of rotatable bonds is 0. The SMILES string of the molecule is C[C@H]1CCC=CCC(=O)c2c(O)cc(O)cc2CC(=O)O1. The zero-order valence-corrected chi connectivity index (χ0v) is 11.8. The predicted octanol–water partition coefficient (Wildman–Crippen LogP) is 2.49. The predicted molar refractivity (Wildman–Crippen MR) is 76.4 cm³/mol. The highest BCUT2D eigenvalue weighted by molar-refractivity contribution is 6.01. The van der Waals surface area contributed by atoms with Crippen LogP contribution in [0.3, 0.4) is 0 Å². The van der Waals surface area contributed by atoms with Crippen LogP contribution >= 0.6 is 0 Å². The molecule has 0 unspecified atom stereocenters. The number of ether oxygens (including phenoxy) is 1. The lowest BCUT2D eigenvalue weighted by molar-refractivity contribution is -0.147. The van der Waals surface area contributed by atoms with Gasteiger partial charge in [0.05, 0.1) is 18.1 Å². The first kappa shape index (κ1) is 15.1. The molecular weight excluding hydrogens is 272 g/mol. The second-order valence-electron chi connectivity index (χ2n) is 5.15. The van der Waals surface area contributed by atoms with E-state index in [-0.39, 0.29) is 47.4 Å². The van der Waals surface area contributed by atoms with Gasteiger partial charge < -0.3 is 14.9 Å². The van der Waals surface area contributed by atoms with E-state index >= 15 is 0 Å².